The number of rotatable bonds is 6. The van der Waals surface area contributed by atoms with Gasteiger partial charge in [0.2, 0.25) is 0 Å². The number of hydrogen-bond acceptors (Lipinski definition) is 5. The minimum absolute atomic E-state index is 0.0754. The van der Waals surface area contributed by atoms with Gasteiger partial charge in [-0.25, -0.2) is 4.98 Å². The van der Waals surface area contributed by atoms with Crippen molar-refractivity contribution in [2.24, 2.45) is 7.05 Å². The Morgan fingerprint density at radius 2 is 2.08 bits per heavy atom. The van der Waals surface area contributed by atoms with E-state index in [1.165, 1.54) is 5.56 Å². The largest absolute Gasteiger partial charge is 0.348 e. The topological polar surface area (TPSA) is 59.8 Å². The van der Waals surface area contributed by atoms with Gasteiger partial charge in [0, 0.05) is 47.7 Å². The molecule has 7 heteroatoms. The van der Waals surface area contributed by atoms with E-state index in [2.05, 4.69) is 20.8 Å². The lowest BCUT2D eigenvalue weighted by Crippen LogP contribution is -2.22. The van der Waals surface area contributed by atoms with E-state index in [4.69, 9.17) is 0 Å². The molecule has 0 bridgehead atoms. The molecule has 0 radical (unpaired) electrons. The number of carbonyl (C=O) groups excluding carboxylic acids is 1. The van der Waals surface area contributed by atoms with Crippen molar-refractivity contribution in [1.29, 1.82) is 0 Å². The van der Waals surface area contributed by atoms with Gasteiger partial charge in [-0.2, -0.15) is 5.10 Å². The van der Waals surface area contributed by atoms with Crippen LogP contribution in [0.5, 0.6) is 0 Å². The van der Waals surface area contributed by atoms with Gasteiger partial charge in [0.15, 0.2) is 0 Å². The molecular formula is C17H18N4OS2. The molecule has 0 unspecified atom stereocenters. The molecule has 3 aromatic rings. The fraction of sp³-hybridized carbons (Fsp3) is 0.235. The van der Waals surface area contributed by atoms with Crippen molar-refractivity contribution in [3.05, 3.63) is 64.4 Å². The van der Waals surface area contributed by atoms with Crippen LogP contribution in [0, 0.1) is 6.92 Å². The van der Waals surface area contributed by atoms with Gasteiger partial charge in [-0.3, -0.25) is 9.48 Å². The molecule has 0 aliphatic rings. The highest BCUT2D eigenvalue weighted by Crippen LogP contribution is 2.26. The third-order valence-corrected chi connectivity index (χ3v) is 5.60. The van der Waals surface area contributed by atoms with Crippen molar-refractivity contribution in [3.63, 3.8) is 0 Å². The van der Waals surface area contributed by atoms with Crippen molar-refractivity contribution in [3.8, 4) is 0 Å². The first-order valence-corrected chi connectivity index (χ1v) is 9.36. The number of aromatic nitrogens is 3. The number of carbonyl (C=O) groups is 1. The van der Waals surface area contributed by atoms with Crippen LogP contribution in [0.4, 0.5) is 0 Å². The van der Waals surface area contributed by atoms with E-state index in [-0.39, 0.29) is 5.91 Å². The molecule has 0 aliphatic carbocycles. The summed E-state index contributed by atoms with van der Waals surface area (Å²) < 4.78 is 2.79. The second-order valence-corrected chi connectivity index (χ2v) is 7.53. The maximum absolute atomic E-state index is 12.2. The molecule has 0 fully saturated rings. The first kappa shape index (κ1) is 16.7. The van der Waals surface area contributed by atoms with Crippen LogP contribution in [-0.2, 0) is 19.3 Å². The predicted octanol–water partition coefficient (Wildman–Crippen LogP) is 3.41. The van der Waals surface area contributed by atoms with E-state index in [0.29, 0.717) is 12.1 Å². The first-order chi connectivity index (χ1) is 11.6. The molecule has 0 saturated heterocycles. The van der Waals surface area contributed by atoms with Gasteiger partial charge in [-0.15, -0.1) is 11.3 Å². The van der Waals surface area contributed by atoms with Gasteiger partial charge in [0.25, 0.3) is 5.91 Å². The average molecular weight is 358 g/mol. The zero-order chi connectivity index (χ0) is 16.9. The highest BCUT2D eigenvalue weighted by atomic mass is 32.2. The second-order valence-electron chi connectivity index (χ2n) is 5.45. The Labute approximate surface area is 149 Å². The average Bonchev–Trinajstić information content (AvgIpc) is 3.19. The van der Waals surface area contributed by atoms with E-state index in [0.717, 1.165) is 21.3 Å². The van der Waals surface area contributed by atoms with Gasteiger partial charge in [-0.1, -0.05) is 23.9 Å². The number of thioether (sulfide) groups is 1. The van der Waals surface area contributed by atoms with Crippen LogP contribution in [0.15, 0.2) is 46.4 Å². The molecule has 1 amide bonds. The molecule has 0 atom stereocenters. The molecule has 3 rings (SSSR count). The molecule has 2 aromatic heterocycles. The maximum atomic E-state index is 12.2. The van der Waals surface area contributed by atoms with Crippen LogP contribution < -0.4 is 5.32 Å². The number of nitrogens with zero attached hydrogens (tertiary/aromatic N) is 3. The number of benzene rings is 1. The highest BCUT2D eigenvalue weighted by molar-refractivity contribution is 8.00. The zero-order valence-electron chi connectivity index (χ0n) is 13.5. The van der Waals surface area contributed by atoms with E-state index in [1.807, 2.05) is 44.4 Å². The summed E-state index contributed by atoms with van der Waals surface area (Å²) in [7, 11) is 1.86. The summed E-state index contributed by atoms with van der Waals surface area (Å²) in [5.74, 6) is 0.776. The third kappa shape index (κ3) is 4.46. The van der Waals surface area contributed by atoms with Crippen LogP contribution in [-0.4, -0.2) is 20.7 Å². The van der Waals surface area contributed by atoms with Gasteiger partial charge in [0.05, 0.1) is 6.20 Å². The first-order valence-electron chi connectivity index (χ1n) is 7.50. The van der Waals surface area contributed by atoms with Crippen molar-refractivity contribution < 1.29 is 4.79 Å². The minimum atomic E-state index is -0.0754. The lowest BCUT2D eigenvalue weighted by Gasteiger charge is -2.05. The van der Waals surface area contributed by atoms with Gasteiger partial charge in [-0.05, 0) is 24.6 Å². The number of hydrogen-bond donors (Lipinski definition) is 1. The summed E-state index contributed by atoms with van der Waals surface area (Å²) in [6.45, 7) is 2.48. The van der Waals surface area contributed by atoms with Crippen LogP contribution in [0.1, 0.15) is 27.2 Å². The Kier molecular flexibility index (Phi) is 5.32. The summed E-state index contributed by atoms with van der Waals surface area (Å²) in [5, 5.41) is 9.04. The number of nitrogens with one attached hydrogen (secondary N) is 1. The van der Waals surface area contributed by atoms with Crippen molar-refractivity contribution in [2.75, 3.05) is 0 Å². The van der Waals surface area contributed by atoms with E-state index < -0.39 is 0 Å². The maximum Gasteiger partial charge on any atom is 0.251 e. The van der Waals surface area contributed by atoms with Crippen LogP contribution in [0.3, 0.4) is 0 Å². The van der Waals surface area contributed by atoms with Crippen LogP contribution >= 0.6 is 23.1 Å². The summed E-state index contributed by atoms with van der Waals surface area (Å²) in [6, 6.07) is 7.71. The molecule has 24 heavy (non-hydrogen) atoms. The lowest BCUT2D eigenvalue weighted by atomic mass is 10.1. The Morgan fingerprint density at radius 1 is 1.29 bits per heavy atom. The van der Waals surface area contributed by atoms with Crippen molar-refractivity contribution in [2.45, 2.75) is 23.6 Å². The Morgan fingerprint density at radius 3 is 2.71 bits per heavy atom. The van der Waals surface area contributed by atoms with Crippen molar-refractivity contribution >= 4 is 29.0 Å². The van der Waals surface area contributed by atoms with E-state index >= 15 is 0 Å². The molecule has 0 saturated carbocycles. The normalized spacial score (nSPS) is 10.8. The number of amides is 1. The van der Waals surface area contributed by atoms with E-state index in [1.54, 1.807) is 34.0 Å². The predicted molar refractivity (Wildman–Crippen MR) is 97.2 cm³/mol. The van der Waals surface area contributed by atoms with Crippen LogP contribution in [0.2, 0.25) is 0 Å². The van der Waals surface area contributed by atoms with Gasteiger partial charge in [0.1, 0.15) is 4.34 Å². The van der Waals surface area contributed by atoms with E-state index in [9.17, 15) is 4.79 Å². The Balaban J connectivity index is 1.52. The van der Waals surface area contributed by atoms with Gasteiger partial charge >= 0.3 is 0 Å². The van der Waals surface area contributed by atoms with Gasteiger partial charge < -0.3 is 5.32 Å². The van der Waals surface area contributed by atoms with Crippen LogP contribution in [0.25, 0.3) is 0 Å². The summed E-state index contributed by atoms with van der Waals surface area (Å²) in [6.07, 6.45) is 3.64. The second kappa shape index (κ2) is 7.63. The molecule has 2 heterocycles. The number of aryl methyl sites for hydroxylation is 2. The molecule has 1 aromatic carbocycles. The molecular weight excluding hydrogens is 340 g/mol. The monoisotopic (exact) mass is 358 g/mol. The quantitative estimate of drug-likeness (QED) is 0.686. The lowest BCUT2D eigenvalue weighted by molar-refractivity contribution is 0.0951. The molecule has 1 N–H and O–H groups in total. The third-order valence-electron chi connectivity index (χ3n) is 3.39. The fourth-order valence-corrected chi connectivity index (χ4v) is 3.95. The Hall–Kier alpha value is -2.12. The molecule has 0 spiro atoms. The summed E-state index contributed by atoms with van der Waals surface area (Å²) in [4.78, 5) is 16.6. The molecule has 5 nitrogen and oxygen atoms in total. The number of thiazole rings is 1. The standard InChI is InChI=1S/C17H18N4OS2/c1-12-10-23-17(20-12)24-11-13-3-5-15(6-4-13)16(22)18-7-14-8-19-21(2)9-14/h3-6,8-10H,7,11H2,1-2H3,(H,18,22). The highest BCUT2D eigenvalue weighted by Gasteiger charge is 2.07. The minimum Gasteiger partial charge on any atom is -0.348 e. The summed E-state index contributed by atoms with van der Waals surface area (Å²) in [5.41, 5.74) is 3.88. The fourth-order valence-electron chi connectivity index (χ4n) is 2.14. The zero-order valence-corrected chi connectivity index (χ0v) is 15.2. The van der Waals surface area contributed by atoms with Crippen molar-refractivity contribution in [1.82, 2.24) is 20.1 Å². The SMILES string of the molecule is Cc1csc(SCc2ccc(C(=O)NCc3cnn(C)c3)cc2)n1. The molecule has 0 aliphatic heterocycles. The molecule has 124 valence electrons. The summed E-state index contributed by atoms with van der Waals surface area (Å²) >= 11 is 3.38. The smallest absolute Gasteiger partial charge is 0.251 e. The Bertz CT molecular complexity index is 823.